The molecule has 0 spiro atoms. The molecule has 1 aliphatic heterocycles. The molecule has 0 radical (unpaired) electrons. The largest absolute Gasteiger partial charge is 0.448 e. The lowest BCUT2D eigenvalue weighted by Gasteiger charge is -2.19. The van der Waals surface area contributed by atoms with Crippen molar-refractivity contribution in [3.05, 3.63) is 59.9 Å². The van der Waals surface area contributed by atoms with E-state index >= 15 is 0 Å². The van der Waals surface area contributed by atoms with E-state index in [1.807, 2.05) is 37.4 Å². The zero-order valence-corrected chi connectivity index (χ0v) is 14.6. The van der Waals surface area contributed by atoms with Gasteiger partial charge in [-0.3, -0.25) is 4.79 Å². The summed E-state index contributed by atoms with van der Waals surface area (Å²) in [5.74, 6) is 1.07. The van der Waals surface area contributed by atoms with Crippen molar-refractivity contribution in [3.63, 3.8) is 0 Å². The van der Waals surface area contributed by atoms with Gasteiger partial charge in [0.15, 0.2) is 17.4 Å². The minimum Gasteiger partial charge on any atom is -0.448 e. The minimum absolute atomic E-state index is 0.276. The number of rotatable bonds is 4. The van der Waals surface area contributed by atoms with Crippen molar-refractivity contribution in [2.24, 2.45) is 0 Å². The quantitative estimate of drug-likeness (QED) is 0.755. The first kappa shape index (κ1) is 16.5. The number of carbonyl (C=O) groups excluding carboxylic acids is 1. The number of oxazole rings is 1. The van der Waals surface area contributed by atoms with Crippen LogP contribution in [0.25, 0.3) is 5.69 Å². The monoisotopic (exact) mass is 351 g/mol. The van der Waals surface area contributed by atoms with Gasteiger partial charge in [0.25, 0.3) is 5.91 Å². The number of nitrogens with zero attached hydrogens (tertiary/aromatic N) is 3. The number of hydrogen-bond donors (Lipinski definition) is 2. The summed E-state index contributed by atoms with van der Waals surface area (Å²) in [5.41, 5.74) is 2.40. The molecule has 7 nitrogen and oxygen atoms in total. The van der Waals surface area contributed by atoms with Crippen LogP contribution < -0.4 is 10.6 Å². The van der Waals surface area contributed by atoms with Gasteiger partial charge in [0.05, 0.1) is 5.69 Å². The van der Waals surface area contributed by atoms with E-state index in [0.717, 1.165) is 31.6 Å². The van der Waals surface area contributed by atoms with Gasteiger partial charge in [-0.05, 0) is 45.0 Å². The summed E-state index contributed by atoms with van der Waals surface area (Å²) in [6.45, 7) is 3.94. The third-order valence-corrected chi connectivity index (χ3v) is 4.57. The highest BCUT2D eigenvalue weighted by atomic mass is 16.3. The Hall–Kier alpha value is -2.93. The van der Waals surface area contributed by atoms with Crippen molar-refractivity contribution in [3.8, 4) is 5.69 Å². The molecule has 4 rings (SSSR count). The summed E-state index contributed by atoms with van der Waals surface area (Å²) in [5, 5.41) is 10.5. The number of aryl methyl sites for hydroxylation is 1. The first-order chi connectivity index (χ1) is 12.7. The smallest absolute Gasteiger partial charge is 0.278 e. The maximum Gasteiger partial charge on any atom is 0.278 e. The SMILES string of the molecule is Cc1ccc(-n2ccc(NC(=O)c3coc(C4CCNCC4)n3)n2)cc1. The second kappa shape index (κ2) is 7.13. The Labute approximate surface area is 151 Å². The van der Waals surface area contributed by atoms with Crippen molar-refractivity contribution in [2.75, 3.05) is 18.4 Å². The number of carbonyl (C=O) groups is 1. The van der Waals surface area contributed by atoms with E-state index in [4.69, 9.17) is 4.42 Å². The molecule has 1 aromatic carbocycles. The molecule has 1 fully saturated rings. The summed E-state index contributed by atoms with van der Waals surface area (Å²) >= 11 is 0. The standard InChI is InChI=1S/C19H21N5O2/c1-13-2-4-15(5-3-13)24-11-8-17(23-24)22-18(25)16-12-26-19(21-16)14-6-9-20-10-7-14/h2-5,8,11-12,14,20H,6-7,9-10H2,1H3,(H,22,23,25). The molecule has 2 aromatic heterocycles. The number of nitrogens with one attached hydrogen (secondary N) is 2. The molecule has 7 heteroatoms. The first-order valence-electron chi connectivity index (χ1n) is 8.79. The van der Waals surface area contributed by atoms with Crippen LogP contribution >= 0.6 is 0 Å². The minimum atomic E-state index is -0.317. The average Bonchev–Trinajstić information content (AvgIpc) is 3.33. The third-order valence-electron chi connectivity index (χ3n) is 4.57. The highest BCUT2D eigenvalue weighted by Gasteiger charge is 2.22. The number of amides is 1. The van der Waals surface area contributed by atoms with E-state index in [1.165, 1.54) is 11.8 Å². The molecular weight excluding hydrogens is 330 g/mol. The van der Waals surface area contributed by atoms with Gasteiger partial charge in [-0.25, -0.2) is 9.67 Å². The van der Waals surface area contributed by atoms with E-state index in [2.05, 4.69) is 20.7 Å². The molecular formula is C19H21N5O2. The third kappa shape index (κ3) is 3.52. The Morgan fingerprint density at radius 3 is 2.77 bits per heavy atom. The lowest BCUT2D eigenvalue weighted by Crippen LogP contribution is -2.26. The van der Waals surface area contributed by atoms with Crippen molar-refractivity contribution >= 4 is 11.7 Å². The molecule has 0 unspecified atom stereocenters. The zero-order valence-electron chi connectivity index (χ0n) is 14.6. The summed E-state index contributed by atoms with van der Waals surface area (Å²) in [7, 11) is 0. The van der Waals surface area contributed by atoms with Crippen LogP contribution in [0.4, 0.5) is 5.82 Å². The number of hydrogen-bond acceptors (Lipinski definition) is 5. The van der Waals surface area contributed by atoms with E-state index in [-0.39, 0.29) is 17.5 Å². The first-order valence-corrected chi connectivity index (χ1v) is 8.79. The average molecular weight is 351 g/mol. The number of piperidine rings is 1. The van der Waals surface area contributed by atoms with Crippen molar-refractivity contribution < 1.29 is 9.21 Å². The fourth-order valence-corrected chi connectivity index (χ4v) is 3.06. The van der Waals surface area contributed by atoms with Crippen LogP contribution in [-0.2, 0) is 0 Å². The second-order valence-electron chi connectivity index (χ2n) is 6.53. The van der Waals surface area contributed by atoms with Gasteiger partial charge in [-0.1, -0.05) is 17.7 Å². The lowest BCUT2D eigenvalue weighted by atomic mass is 9.98. The van der Waals surface area contributed by atoms with Crippen LogP contribution in [0.3, 0.4) is 0 Å². The van der Waals surface area contributed by atoms with Gasteiger partial charge in [-0.15, -0.1) is 0 Å². The molecule has 1 aliphatic rings. The normalized spacial score (nSPS) is 15.1. The highest BCUT2D eigenvalue weighted by Crippen LogP contribution is 2.24. The topological polar surface area (TPSA) is 85.0 Å². The molecule has 0 aliphatic carbocycles. The Kier molecular flexibility index (Phi) is 4.53. The number of aromatic nitrogens is 3. The van der Waals surface area contributed by atoms with Crippen LogP contribution in [0.1, 0.15) is 40.7 Å². The lowest BCUT2D eigenvalue weighted by molar-refractivity contribution is 0.102. The van der Waals surface area contributed by atoms with Crippen LogP contribution in [0.15, 0.2) is 47.2 Å². The molecule has 134 valence electrons. The Balaban J connectivity index is 1.43. The predicted octanol–water partition coefficient (Wildman–Crippen LogP) is 2.89. The van der Waals surface area contributed by atoms with Crippen molar-refractivity contribution in [2.45, 2.75) is 25.7 Å². The van der Waals surface area contributed by atoms with Gasteiger partial charge in [0, 0.05) is 18.2 Å². The van der Waals surface area contributed by atoms with Crippen LogP contribution in [-0.4, -0.2) is 33.8 Å². The highest BCUT2D eigenvalue weighted by molar-refractivity contribution is 6.02. The Bertz CT molecular complexity index is 891. The van der Waals surface area contributed by atoms with Gasteiger partial charge < -0.3 is 15.1 Å². The van der Waals surface area contributed by atoms with Crippen LogP contribution in [0.2, 0.25) is 0 Å². The molecule has 2 N–H and O–H groups in total. The molecule has 26 heavy (non-hydrogen) atoms. The maximum atomic E-state index is 12.4. The van der Waals surface area contributed by atoms with Crippen molar-refractivity contribution in [1.82, 2.24) is 20.1 Å². The van der Waals surface area contributed by atoms with Crippen LogP contribution in [0.5, 0.6) is 0 Å². The number of anilines is 1. The van der Waals surface area contributed by atoms with Gasteiger partial charge in [0.1, 0.15) is 6.26 Å². The van der Waals surface area contributed by atoms with E-state index in [9.17, 15) is 4.79 Å². The van der Waals surface area contributed by atoms with E-state index in [0.29, 0.717) is 11.7 Å². The molecule has 0 atom stereocenters. The van der Waals surface area contributed by atoms with E-state index in [1.54, 1.807) is 10.7 Å². The van der Waals surface area contributed by atoms with Crippen LogP contribution in [0, 0.1) is 6.92 Å². The maximum absolute atomic E-state index is 12.4. The second-order valence-corrected chi connectivity index (χ2v) is 6.53. The van der Waals surface area contributed by atoms with Crippen molar-refractivity contribution in [1.29, 1.82) is 0 Å². The van der Waals surface area contributed by atoms with Gasteiger partial charge in [0.2, 0.25) is 0 Å². The van der Waals surface area contributed by atoms with E-state index < -0.39 is 0 Å². The fraction of sp³-hybridized carbons (Fsp3) is 0.316. The molecule has 0 saturated carbocycles. The zero-order chi connectivity index (χ0) is 17.9. The fourth-order valence-electron chi connectivity index (χ4n) is 3.06. The summed E-state index contributed by atoms with van der Waals surface area (Å²) in [6.07, 6.45) is 5.18. The summed E-state index contributed by atoms with van der Waals surface area (Å²) < 4.78 is 7.24. The Morgan fingerprint density at radius 2 is 2.00 bits per heavy atom. The van der Waals surface area contributed by atoms with Gasteiger partial charge >= 0.3 is 0 Å². The predicted molar refractivity (Wildman–Crippen MR) is 97.6 cm³/mol. The molecule has 3 aromatic rings. The molecule has 1 saturated heterocycles. The summed E-state index contributed by atoms with van der Waals surface area (Å²) in [6, 6.07) is 9.76. The Morgan fingerprint density at radius 1 is 1.23 bits per heavy atom. The van der Waals surface area contributed by atoms with Gasteiger partial charge in [-0.2, -0.15) is 5.10 Å². The molecule has 0 bridgehead atoms. The molecule has 1 amide bonds. The number of benzene rings is 1. The summed E-state index contributed by atoms with van der Waals surface area (Å²) in [4.78, 5) is 16.8. The molecule has 3 heterocycles.